The van der Waals surface area contributed by atoms with Crippen molar-refractivity contribution in [3.05, 3.63) is 33.7 Å². The minimum atomic E-state index is -0.272. The lowest BCUT2D eigenvalue weighted by Crippen LogP contribution is -2.42. The molecule has 0 fully saturated rings. The summed E-state index contributed by atoms with van der Waals surface area (Å²) in [4.78, 5) is 13.2. The van der Waals surface area contributed by atoms with Crippen molar-refractivity contribution in [1.29, 1.82) is 0 Å². The lowest BCUT2D eigenvalue weighted by Gasteiger charge is -2.20. The zero-order chi connectivity index (χ0) is 13.7. The average molecular weight is 296 g/mol. The van der Waals surface area contributed by atoms with E-state index in [2.05, 4.69) is 22.1 Å². The monoisotopic (exact) mass is 296 g/mol. The van der Waals surface area contributed by atoms with Crippen molar-refractivity contribution in [2.45, 2.75) is 19.8 Å². The molecule has 2 N–H and O–H groups in total. The van der Waals surface area contributed by atoms with Crippen LogP contribution < -0.4 is 10.6 Å². The minimum absolute atomic E-state index is 0.272. The van der Waals surface area contributed by atoms with Crippen molar-refractivity contribution in [3.8, 4) is 0 Å². The summed E-state index contributed by atoms with van der Waals surface area (Å²) >= 11 is 6.69. The van der Waals surface area contributed by atoms with Gasteiger partial charge in [-0.15, -0.1) is 11.3 Å². The van der Waals surface area contributed by atoms with Crippen LogP contribution in [-0.2, 0) is 16.0 Å². The number of rotatable bonds is 5. The smallest absolute Gasteiger partial charge is 0.337 e. The van der Waals surface area contributed by atoms with E-state index in [9.17, 15) is 4.79 Å². The lowest BCUT2D eigenvalue weighted by atomic mass is 10.2. The fraction of sp³-hybridized carbons (Fsp3) is 0.385. The Bertz CT molecular complexity index is 495. The van der Waals surface area contributed by atoms with Gasteiger partial charge in [0.05, 0.1) is 18.7 Å². The van der Waals surface area contributed by atoms with E-state index in [0.29, 0.717) is 23.8 Å². The largest absolute Gasteiger partial charge is 0.462 e. The minimum Gasteiger partial charge on any atom is -0.462 e. The van der Waals surface area contributed by atoms with Crippen LogP contribution in [0.15, 0.2) is 28.8 Å². The van der Waals surface area contributed by atoms with Gasteiger partial charge in [0.1, 0.15) is 0 Å². The number of esters is 1. The number of hydrogen-bond donors (Lipinski definition) is 2. The molecule has 0 unspecified atom stereocenters. The van der Waals surface area contributed by atoms with E-state index in [1.54, 1.807) is 11.3 Å². The van der Waals surface area contributed by atoms with Crippen LogP contribution >= 0.6 is 23.6 Å². The number of hydrogen-bond acceptors (Lipinski definition) is 4. The van der Waals surface area contributed by atoms with Crippen molar-refractivity contribution in [3.63, 3.8) is 0 Å². The van der Waals surface area contributed by atoms with Crippen LogP contribution in [0.4, 0.5) is 0 Å². The van der Waals surface area contributed by atoms with Crippen LogP contribution in [0.3, 0.4) is 0 Å². The molecule has 0 aliphatic carbocycles. The number of thiophene rings is 1. The Kier molecular flexibility index (Phi) is 4.93. The van der Waals surface area contributed by atoms with E-state index in [1.165, 1.54) is 4.88 Å². The molecule has 4 nitrogen and oxygen atoms in total. The van der Waals surface area contributed by atoms with Gasteiger partial charge in [-0.3, -0.25) is 0 Å². The maximum absolute atomic E-state index is 11.9. The highest BCUT2D eigenvalue weighted by Crippen LogP contribution is 2.11. The molecule has 102 valence electrons. The first-order chi connectivity index (χ1) is 9.16. The second kappa shape index (κ2) is 6.68. The number of aryl methyl sites for hydroxylation is 1. The molecule has 0 saturated heterocycles. The summed E-state index contributed by atoms with van der Waals surface area (Å²) in [5.41, 5.74) is 1.39. The fourth-order valence-electron chi connectivity index (χ4n) is 1.77. The first-order valence-electron chi connectivity index (χ1n) is 6.11. The van der Waals surface area contributed by atoms with Gasteiger partial charge < -0.3 is 15.4 Å². The number of nitrogens with one attached hydrogen (secondary N) is 2. The Balaban J connectivity index is 1.75. The van der Waals surface area contributed by atoms with Crippen molar-refractivity contribution in [2.24, 2.45) is 0 Å². The molecule has 0 bridgehead atoms. The van der Waals surface area contributed by atoms with Crippen LogP contribution in [0.5, 0.6) is 0 Å². The van der Waals surface area contributed by atoms with E-state index in [-0.39, 0.29) is 5.97 Å². The number of carbonyl (C=O) groups excluding carboxylic acids is 1. The Morgan fingerprint density at radius 2 is 2.42 bits per heavy atom. The summed E-state index contributed by atoms with van der Waals surface area (Å²) in [5.74, 6) is -0.272. The van der Waals surface area contributed by atoms with Gasteiger partial charge in [0, 0.05) is 10.6 Å². The molecule has 2 rings (SSSR count). The third kappa shape index (κ3) is 4.04. The number of allylic oxidation sites excluding steroid dienone is 1. The van der Waals surface area contributed by atoms with Crippen LogP contribution in [0.2, 0.25) is 0 Å². The summed E-state index contributed by atoms with van der Waals surface area (Å²) in [6.45, 7) is 2.70. The molecule has 1 aromatic heterocycles. The summed E-state index contributed by atoms with van der Waals surface area (Å²) in [7, 11) is 0. The number of ether oxygens (including phenoxy) is 1. The standard InChI is InChI=1S/C13H16N2O2S2/c1-9-11(8-14-13(18)15-9)12(16)17-6-2-4-10-5-3-7-19-10/h3,5,7H,2,4,6,8H2,1H3,(H2,14,15,18). The fourth-order valence-corrected chi connectivity index (χ4v) is 2.75. The molecule has 2 heterocycles. The average Bonchev–Trinajstić information content (AvgIpc) is 2.87. The lowest BCUT2D eigenvalue weighted by molar-refractivity contribution is -0.139. The highest BCUT2D eigenvalue weighted by Gasteiger charge is 2.19. The van der Waals surface area contributed by atoms with Crippen LogP contribution in [0.25, 0.3) is 0 Å². The predicted molar refractivity (Wildman–Crippen MR) is 80.0 cm³/mol. The van der Waals surface area contributed by atoms with Gasteiger partial charge in [0.2, 0.25) is 0 Å². The topological polar surface area (TPSA) is 50.4 Å². The second-order valence-corrected chi connectivity index (χ2v) is 5.67. The molecule has 0 amide bonds. The Morgan fingerprint density at radius 1 is 1.58 bits per heavy atom. The zero-order valence-corrected chi connectivity index (χ0v) is 12.3. The van der Waals surface area contributed by atoms with Gasteiger partial charge >= 0.3 is 5.97 Å². The SMILES string of the molecule is CC1=C(C(=O)OCCCc2cccs2)CNC(=S)N1. The van der Waals surface area contributed by atoms with E-state index >= 15 is 0 Å². The van der Waals surface area contributed by atoms with Crippen molar-refractivity contribution >= 4 is 34.6 Å². The van der Waals surface area contributed by atoms with Gasteiger partial charge in [-0.1, -0.05) is 6.07 Å². The third-order valence-corrected chi connectivity index (χ3v) is 3.99. The highest BCUT2D eigenvalue weighted by atomic mass is 32.1. The molecule has 0 atom stereocenters. The first kappa shape index (κ1) is 14.0. The quantitative estimate of drug-likeness (QED) is 0.494. The van der Waals surface area contributed by atoms with Crippen LogP contribution in [0, 0.1) is 0 Å². The van der Waals surface area contributed by atoms with Gasteiger partial charge in [-0.05, 0) is 43.4 Å². The highest BCUT2D eigenvalue weighted by molar-refractivity contribution is 7.80. The maximum Gasteiger partial charge on any atom is 0.337 e. The van der Waals surface area contributed by atoms with Gasteiger partial charge in [0.25, 0.3) is 0 Å². The summed E-state index contributed by atoms with van der Waals surface area (Å²) < 4.78 is 5.27. The van der Waals surface area contributed by atoms with Crippen molar-refractivity contribution in [2.75, 3.05) is 13.2 Å². The van der Waals surface area contributed by atoms with E-state index in [1.807, 2.05) is 13.0 Å². The molecular weight excluding hydrogens is 280 g/mol. The van der Waals surface area contributed by atoms with Crippen molar-refractivity contribution < 1.29 is 9.53 Å². The molecule has 19 heavy (non-hydrogen) atoms. The van der Waals surface area contributed by atoms with Crippen molar-refractivity contribution in [1.82, 2.24) is 10.6 Å². The Morgan fingerprint density at radius 3 is 3.11 bits per heavy atom. The molecule has 6 heteroatoms. The first-order valence-corrected chi connectivity index (χ1v) is 7.39. The zero-order valence-electron chi connectivity index (χ0n) is 10.7. The van der Waals surface area contributed by atoms with E-state index < -0.39 is 0 Å². The molecule has 1 aromatic rings. The van der Waals surface area contributed by atoms with Crippen LogP contribution in [-0.4, -0.2) is 24.2 Å². The molecular formula is C13H16N2O2S2. The molecule has 0 radical (unpaired) electrons. The molecule has 0 spiro atoms. The molecule has 0 aromatic carbocycles. The summed E-state index contributed by atoms with van der Waals surface area (Å²) in [6.07, 6.45) is 1.79. The molecule has 1 aliphatic heterocycles. The Hall–Kier alpha value is -1.40. The maximum atomic E-state index is 11.9. The van der Waals surface area contributed by atoms with E-state index in [4.69, 9.17) is 17.0 Å². The second-order valence-electron chi connectivity index (χ2n) is 4.23. The Labute approximate surface area is 121 Å². The summed E-state index contributed by atoms with van der Waals surface area (Å²) in [5, 5.41) is 8.44. The van der Waals surface area contributed by atoms with Gasteiger partial charge in [-0.2, -0.15) is 0 Å². The summed E-state index contributed by atoms with van der Waals surface area (Å²) in [6, 6.07) is 4.12. The van der Waals surface area contributed by atoms with Crippen LogP contribution in [0.1, 0.15) is 18.2 Å². The van der Waals surface area contributed by atoms with E-state index in [0.717, 1.165) is 18.5 Å². The number of carbonyl (C=O) groups is 1. The predicted octanol–water partition coefficient (Wildman–Crippen LogP) is 1.98. The van der Waals surface area contributed by atoms with Gasteiger partial charge in [-0.25, -0.2) is 4.79 Å². The molecule has 0 saturated carbocycles. The molecule has 1 aliphatic rings. The normalized spacial score (nSPS) is 14.9. The number of thiocarbonyl (C=S) groups is 1. The van der Waals surface area contributed by atoms with Gasteiger partial charge in [0.15, 0.2) is 5.11 Å². The third-order valence-electron chi connectivity index (χ3n) is 2.81.